The van der Waals surface area contributed by atoms with Crippen LogP contribution in [-0.2, 0) is 21.3 Å². The van der Waals surface area contributed by atoms with Crippen LogP contribution < -0.4 is 4.72 Å². The molecule has 146 valence electrons. The Balaban J connectivity index is 1.80. The molecule has 2 aromatic carbocycles. The Hall–Kier alpha value is -3.04. The van der Waals surface area contributed by atoms with Crippen LogP contribution in [0.15, 0.2) is 51.9 Å². The number of rotatable bonds is 6. The van der Waals surface area contributed by atoms with Gasteiger partial charge < -0.3 is 9.26 Å². The van der Waals surface area contributed by atoms with E-state index in [1.54, 1.807) is 13.0 Å². The van der Waals surface area contributed by atoms with Crippen molar-refractivity contribution in [3.05, 3.63) is 65.0 Å². The maximum absolute atomic E-state index is 12.7. The smallest absolute Gasteiger partial charge is 0.337 e. The van der Waals surface area contributed by atoms with Crippen LogP contribution in [0.5, 0.6) is 0 Å². The zero-order valence-electron chi connectivity index (χ0n) is 15.6. The molecule has 0 amide bonds. The summed E-state index contributed by atoms with van der Waals surface area (Å²) in [5.74, 6) is -0.101. The summed E-state index contributed by atoms with van der Waals surface area (Å²) in [6.07, 6.45) is 0. The van der Waals surface area contributed by atoms with Gasteiger partial charge in [-0.3, -0.25) is 0 Å². The number of carbonyl (C=O) groups is 1. The average molecular weight is 401 g/mol. The van der Waals surface area contributed by atoms with Gasteiger partial charge in [0.1, 0.15) is 0 Å². The number of sulfonamides is 1. The van der Waals surface area contributed by atoms with E-state index in [4.69, 9.17) is 4.52 Å². The number of nitrogens with zero attached hydrogens (tertiary/aromatic N) is 2. The summed E-state index contributed by atoms with van der Waals surface area (Å²) in [6.45, 7) is 3.38. The van der Waals surface area contributed by atoms with Gasteiger partial charge in [-0.2, -0.15) is 4.98 Å². The lowest BCUT2D eigenvalue weighted by molar-refractivity contribution is 0.0600. The van der Waals surface area contributed by atoms with Gasteiger partial charge in [0, 0.05) is 5.56 Å². The molecule has 0 aliphatic rings. The number of esters is 1. The maximum Gasteiger partial charge on any atom is 0.337 e. The molecule has 0 atom stereocenters. The minimum Gasteiger partial charge on any atom is -0.465 e. The van der Waals surface area contributed by atoms with Gasteiger partial charge >= 0.3 is 5.97 Å². The maximum atomic E-state index is 12.7. The summed E-state index contributed by atoms with van der Waals surface area (Å²) in [7, 11) is -2.67. The van der Waals surface area contributed by atoms with E-state index in [0.717, 1.165) is 11.1 Å². The number of hydrogen-bond acceptors (Lipinski definition) is 7. The number of nitrogens with one attached hydrogen (secondary N) is 1. The first kappa shape index (κ1) is 19.7. The van der Waals surface area contributed by atoms with E-state index in [9.17, 15) is 13.2 Å². The second-order valence-electron chi connectivity index (χ2n) is 6.12. The van der Waals surface area contributed by atoms with E-state index < -0.39 is 16.0 Å². The topological polar surface area (TPSA) is 111 Å². The molecule has 0 saturated carbocycles. The van der Waals surface area contributed by atoms with E-state index >= 15 is 0 Å². The summed E-state index contributed by atoms with van der Waals surface area (Å²) in [5.41, 5.74) is 2.42. The number of benzene rings is 2. The third-order valence-corrected chi connectivity index (χ3v) is 5.71. The van der Waals surface area contributed by atoms with Gasteiger partial charge in [-0.05, 0) is 37.1 Å². The third-order valence-electron chi connectivity index (χ3n) is 4.17. The van der Waals surface area contributed by atoms with Gasteiger partial charge in [0.25, 0.3) is 0 Å². The third kappa shape index (κ3) is 4.10. The van der Waals surface area contributed by atoms with E-state index in [1.165, 1.54) is 19.2 Å². The normalized spacial score (nSPS) is 11.4. The molecule has 0 saturated heterocycles. The Morgan fingerprint density at radius 2 is 1.89 bits per heavy atom. The number of hydrogen-bond donors (Lipinski definition) is 1. The zero-order chi connectivity index (χ0) is 20.3. The Morgan fingerprint density at radius 1 is 1.14 bits per heavy atom. The summed E-state index contributed by atoms with van der Waals surface area (Å²) < 4.78 is 37.5. The lowest BCUT2D eigenvalue weighted by atomic mass is 10.1. The molecular formula is C19H19N3O5S. The number of methoxy groups -OCH3 is 1. The van der Waals surface area contributed by atoms with Crippen molar-refractivity contribution in [2.45, 2.75) is 25.3 Å². The number of aryl methyl sites for hydroxylation is 2. The van der Waals surface area contributed by atoms with Crippen molar-refractivity contribution in [1.82, 2.24) is 14.9 Å². The van der Waals surface area contributed by atoms with E-state index in [0.29, 0.717) is 11.4 Å². The molecule has 1 N–H and O–H groups in total. The second-order valence-corrected chi connectivity index (χ2v) is 7.86. The van der Waals surface area contributed by atoms with Crippen LogP contribution in [0.3, 0.4) is 0 Å². The predicted molar refractivity (Wildman–Crippen MR) is 101 cm³/mol. The Labute approximate surface area is 162 Å². The highest BCUT2D eigenvalue weighted by atomic mass is 32.2. The second kappa shape index (κ2) is 7.91. The van der Waals surface area contributed by atoms with Crippen LogP contribution in [0.2, 0.25) is 0 Å². The lowest BCUT2D eigenvalue weighted by Gasteiger charge is -2.09. The minimum absolute atomic E-state index is 0.0194. The summed E-state index contributed by atoms with van der Waals surface area (Å²) >= 11 is 0. The van der Waals surface area contributed by atoms with Crippen molar-refractivity contribution >= 4 is 16.0 Å². The quantitative estimate of drug-likeness (QED) is 0.632. The first-order valence-corrected chi connectivity index (χ1v) is 9.87. The first-order chi connectivity index (χ1) is 13.3. The van der Waals surface area contributed by atoms with Crippen molar-refractivity contribution in [1.29, 1.82) is 0 Å². The molecule has 3 rings (SSSR count). The van der Waals surface area contributed by atoms with E-state index in [-0.39, 0.29) is 22.9 Å². The number of aromatic nitrogens is 2. The fourth-order valence-corrected chi connectivity index (χ4v) is 3.87. The van der Waals surface area contributed by atoms with Gasteiger partial charge in [0.2, 0.25) is 21.7 Å². The summed E-state index contributed by atoms with van der Waals surface area (Å²) in [5, 5.41) is 3.90. The van der Waals surface area contributed by atoms with Gasteiger partial charge in [0.15, 0.2) is 0 Å². The van der Waals surface area contributed by atoms with Crippen LogP contribution in [0, 0.1) is 13.8 Å². The molecule has 0 aliphatic carbocycles. The fraction of sp³-hybridized carbons (Fsp3) is 0.211. The fourth-order valence-electron chi connectivity index (χ4n) is 2.63. The lowest BCUT2D eigenvalue weighted by Crippen LogP contribution is -2.24. The standard InChI is InChI=1S/C19H19N3O5S/c1-12-6-4-5-7-15(12)18-21-17(27-22-18)11-20-28(24,25)16-10-14(19(23)26-3)9-8-13(16)2/h4-10,20H,11H2,1-3H3. The molecule has 28 heavy (non-hydrogen) atoms. The van der Waals surface area contributed by atoms with Gasteiger partial charge in [-0.25, -0.2) is 17.9 Å². The van der Waals surface area contributed by atoms with Crippen LogP contribution >= 0.6 is 0 Å². The Morgan fingerprint density at radius 3 is 2.61 bits per heavy atom. The van der Waals surface area contributed by atoms with Crippen molar-refractivity contribution < 1.29 is 22.5 Å². The molecule has 3 aromatic rings. The van der Waals surface area contributed by atoms with Gasteiger partial charge in [-0.1, -0.05) is 35.5 Å². The summed E-state index contributed by atoms with van der Waals surface area (Å²) in [6, 6.07) is 11.9. The predicted octanol–water partition coefficient (Wildman–Crippen LogP) is 2.62. The SMILES string of the molecule is COC(=O)c1ccc(C)c(S(=O)(=O)NCc2nc(-c3ccccc3C)no2)c1. The van der Waals surface area contributed by atoms with Crippen LogP contribution in [0.4, 0.5) is 0 Å². The molecule has 1 aromatic heterocycles. The molecule has 8 nitrogen and oxygen atoms in total. The number of carbonyl (C=O) groups excluding carboxylic acids is 1. The highest BCUT2D eigenvalue weighted by Gasteiger charge is 2.21. The monoisotopic (exact) mass is 401 g/mol. The average Bonchev–Trinajstić information content (AvgIpc) is 3.15. The van der Waals surface area contributed by atoms with Crippen LogP contribution in [0.25, 0.3) is 11.4 Å². The van der Waals surface area contributed by atoms with Crippen LogP contribution in [0.1, 0.15) is 27.4 Å². The van der Waals surface area contributed by atoms with Crippen molar-refractivity contribution in [2.75, 3.05) is 7.11 Å². The molecule has 0 unspecified atom stereocenters. The molecule has 0 bridgehead atoms. The molecule has 9 heteroatoms. The molecule has 0 spiro atoms. The Kier molecular flexibility index (Phi) is 5.57. The zero-order valence-corrected chi connectivity index (χ0v) is 16.4. The molecule has 0 fully saturated rings. The van der Waals surface area contributed by atoms with Gasteiger partial charge in [-0.15, -0.1) is 0 Å². The van der Waals surface area contributed by atoms with E-state index in [2.05, 4.69) is 19.6 Å². The van der Waals surface area contributed by atoms with Crippen molar-refractivity contribution in [3.8, 4) is 11.4 Å². The highest BCUT2D eigenvalue weighted by Crippen LogP contribution is 2.21. The molecule has 0 radical (unpaired) electrons. The molecular weight excluding hydrogens is 382 g/mol. The highest BCUT2D eigenvalue weighted by molar-refractivity contribution is 7.89. The first-order valence-electron chi connectivity index (χ1n) is 8.39. The number of ether oxygens (including phenoxy) is 1. The summed E-state index contributed by atoms with van der Waals surface area (Å²) in [4.78, 5) is 15.9. The molecule has 0 aliphatic heterocycles. The minimum atomic E-state index is -3.90. The van der Waals surface area contributed by atoms with Crippen LogP contribution in [-0.4, -0.2) is 31.6 Å². The Bertz CT molecular complexity index is 1120. The largest absolute Gasteiger partial charge is 0.465 e. The van der Waals surface area contributed by atoms with Crippen molar-refractivity contribution in [3.63, 3.8) is 0 Å². The molecule has 1 heterocycles. The van der Waals surface area contributed by atoms with E-state index in [1.807, 2.05) is 31.2 Å². The van der Waals surface area contributed by atoms with Gasteiger partial charge in [0.05, 0.1) is 24.1 Å². The van der Waals surface area contributed by atoms with Crippen molar-refractivity contribution in [2.24, 2.45) is 0 Å².